The number of benzene rings is 2. The first-order valence-corrected chi connectivity index (χ1v) is 7.45. The molecule has 0 atom stereocenters. The van der Waals surface area contributed by atoms with Crippen LogP contribution in [0.1, 0.15) is 20.7 Å². The summed E-state index contributed by atoms with van der Waals surface area (Å²) in [5, 5.41) is 20.8. The Kier molecular flexibility index (Phi) is 11.1. The van der Waals surface area contributed by atoms with Gasteiger partial charge < -0.3 is 25.9 Å². The largest absolute Gasteiger partial charge is 2.00 e. The second kappa shape index (κ2) is 11.6. The number of rotatable bonds is 4. The molecule has 9 heteroatoms. The number of para-hydroxylation sites is 2. The minimum absolute atomic E-state index is 0. The number of carbonyl (C=O) groups excluding carboxylic acids is 2. The van der Waals surface area contributed by atoms with Crippen molar-refractivity contribution in [1.82, 2.24) is 0 Å². The zero-order valence-electron chi connectivity index (χ0n) is 11.5. The van der Waals surface area contributed by atoms with Crippen LogP contribution in [0.25, 0.3) is 0 Å². The third kappa shape index (κ3) is 7.00. The monoisotopic (exact) mass is 590 g/mol. The normalized spacial score (nSPS) is 8.78. The Morgan fingerprint density at radius 1 is 0.739 bits per heavy atom. The molecule has 0 aliphatic heterocycles. The molecule has 23 heavy (non-hydrogen) atoms. The minimum Gasteiger partial charge on any atom is -0.545 e. The van der Waals surface area contributed by atoms with Gasteiger partial charge in [0.1, 0.15) is 11.5 Å². The number of halogens is 2. The third-order valence-corrected chi connectivity index (χ3v) is 3.33. The fourth-order valence-electron chi connectivity index (χ4n) is 1.41. The van der Waals surface area contributed by atoms with Crippen LogP contribution in [0.4, 0.5) is 0 Å². The van der Waals surface area contributed by atoms with E-state index in [1.807, 2.05) is 0 Å². The van der Waals surface area contributed by atoms with Crippen LogP contribution in [-0.2, 0) is 19.5 Å². The zero-order valence-corrected chi connectivity index (χ0v) is 18.8. The molecule has 0 fully saturated rings. The molecule has 0 radical (unpaired) electrons. The van der Waals surface area contributed by atoms with E-state index in [1.165, 1.54) is 12.1 Å². The smallest absolute Gasteiger partial charge is 0.545 e. The molecule has 0 aromatic heterocycles. The Morgan fingerprint density at radius 3 is 1.26 bits per heavy atom. The van der Waals surface area contributed by atoms with Gasteiger partial charge in [-0.3, -0.25) is 0 Å². The van der Waals surface area contributed by atoms with Gasteiger partial charge in [-0.05, 0) is 24.3 Å². The van der Waals surface area contributed by atoms with Gasteiger partial charge in [0, 0.05) is 11.1 Å². The molecule has 2 aromatic rings. The van der Waals surface area contributed by atoms with E-state index in [0.717, 1.165) is 0 Å². The Morgan fingerprint density at radius 2 is 1.04 bits per heavy atom. The molecular formula is C14H8I2O6Zn. The molecule has 0 aliphatic carbocycles. The average molecular weight is 591 g/mol. The summed E-state index contributed by atoms with van der Waals surface area (Å²) < 4.78 is 9.51. The van der Waals surface area contributed by atoms with E-state index in [-0.39, 0.29) is 30.6 Å². The summed E-state index contributed by atoms with van der Waals surface area (Å²) in [6.07, 6.45) is 0. The second-order valence-corrected chi connectivity index (χ2v) is 4.60. The molecule has 6 nitrogen and oxygen atoms in total. The summed E-state index contributed by atoms with van der Waals surface area (Å²) in [7, 11) is 0. The number of carboxylic acids is 2. The van der Waals surface area contributed by atoms with Crippen LogP contribution >= 0.6 is 46.0 Å². The number of carboxylic acid groups (broad SMARTS) is 2. The van der Waals surface area contributed by atoms with Crippen molar-refractivity contribution in [2.24, 2.45) is 0 Å². The molecule has 0 saturated carbocycles. The van der Waals surface area contributed by atoms with E-state index in [4.69, 9.17) is 6.13 Å². The summed E-state index contributed by atoms with van der Waals surface area (Å²) in [6, 6.07) is 12.6. The molecule has 0 spiro atoms. The summed E-state index contributed by atoms with van der Waals surface area (Å²) in [5.74, 6) is -1.82. The average Bonchev–Trinajstić information content (AvgIpc) is 2.55. The Labute approximate surface area is 173 Å². The Balaban J connectivity index is 0.000000403. The van der Waals surface area contributed by atoms with Gasteiger partial charge in [0.05, 0.1) is 11.9 Å². The van der Waals surface area contributed by atoms with Gasteiger partial charge in [0.2, 0.25) is 0 Å². The molecule has 2 rings (SSSR count). The summed E-state index contributed by atoms with van der Waals surface area (Å²) in [5.41, 5.74) is 0.142. The van der Waals surface area contributed by atoms with Gasteiger partial charge in [-0.2, -0.15) is 0 Å². The number of carbonyl (C=O) groups is 2. The molecule has 0 aliphatic rings. The van der Waals surface area contributed by atoms with Gasteiger partial charge in [0.25, 0.3) is 0 Å². The van der Waals surface area contributed by atoms with Crippen LogP contribution in [-0.4, -0.2) is 11.9 Å². The van der Waals surface area contributed by atoms with Crippen LogP contribution in [0.3, 0.4) is 0 Å². The summed E-state index contributed by atoms with van der Waals surface area (Å²) >= 11 is 3.24. The van der Waals surface area contributed by atoms with Gasteiger partial charge in [0.15, 0.2) is 46.0 Å². The van der Waals surface area contributed by atoms with Gasteiger partial charge in [-0.15, -0.1) is 0 Å². The van der Waals surface area contributed by atoms with E-state index in [0.29, 0.717) is 11.5 Å². The summed E-state index contributed by atoms with van der Waals surface area (Å²) in [4.78, 5) is 20.8. The molecule has 0 bridgehead atoms. The van der Waals surface area contributed by atoms with Crippen molar-refractivity contribution in [3.63, 3.8) is 0 Å². The number of hydrogen-bond donors (Lipinski definition) is 0. The van der Waals surface area contributed by atoms with Crippen molar-refractivity contribution in [1.29, 1.82) is 0 Å². The topological polar surface area (TPSA) is 98.7 Å². The van der Waals surface area contributed by atoms with Gasteiger partial charge in [-0.25, -0.2) is 0 Å². The van der Waals surface area contributed by atoms with Crippen molar-refractivity contribution in [2.45, 2.75) is 0 Å². The predicted octanol–water partition coefficient (Wildman–Crippen LogP) is 1.56. The van der Waals surface area contributed by atoms with Crippen molar-refractivity contribution in [3.8, 4) is 11.5 Å². The number of aromatic carboxylic acids is 2. The fraction of sp³-hybridized carbons (Fsp3) is 0. The van der Waals surface area contributed by atoms with E-state index < -0.39 is 11.9 Å². The van der Waals surface area contributed by atoms with Crippen molar-refractivity contribution in [3.05, 3.63) is 59.7 Å². The molecule has 0 saturated heterocycles. The Bertz CT molecular complexity index is 608. The first-order chi connectivity index (χ1) is 10.5. The third-order valence-electron chi connectivity index (χ3n) is 2.38. The van der Waals surface area contributed by atoms with Crippen LogP contribution in [0, 0.1) is 0 Å². The maximum Gasteiger partial charge on any atom is 2.00 e. The minimum atomic E-state index is -1.22. The maximum absolute atomic E-state index is 10.4. The first kappa shape index (κ1) is 22.1. The quantitative estimate of drug-likeness (QED) is 0.396. The van der Waals surface area contributed by atoms with Crippen molar-refractivity contribution >= 4 is 58.0 Å². The van der Waals surface area contributed by atoms with E-state index >= 15 is 0 Å². The zero-order chi connectivity index (χ0) is 16.5. The molecule has 0 unspecified atom stereocenters. The molecular weight excluding hydrogens is 583 g/mol. The molecule has 0 N–H and O–H groups in total. The van der Waals surface area contributed by atoms with Crippen LogP contribution in [0.15, 0.2) is 48.5 Å². The van der Waals surface area contributed by atoms with Crippen LogP contribution in [0.5, 0.6) is 11.5 Å². The fourth-order valence-corrected chi connectivity index (χ4v) is 2.17. The van der Waals surface area contributed by atoms with Crippen molar-refractivity contribution < 1.29 is 45.4 Å². The second-order valence-electron chi connectivity index (χ2n) is 3.72. The predicted molar refractivity (Wildman–Crippen MR) is 90.8 cm³/mol. The van der Waals surface area contributed by atoms with Crippen LogP contribution in [0.2, 0.25) is 0 Å². The van der Waals surface area contributed by atoms with E-state index in [1.54, 1.807) is 82.4 Å². The first-order valence-electron chi connectivity index (χ1n) is 5.69. The maximum atomic E-state index is 10.4. The van der Waals surface area contributed by atoms with E-state index in [9.17, 15) is 19.8 Å². The molecule has 0 heterocycles. The van der Waals surface area contributed by atoms with Gasteiger partial charge >= 0.3 is 19.5 Å². The van der Waals surface area contributed by atoms with E-state index in [2.05, 4.69) is 0 Å². The van der Waals surface area contributed by atoms with Crippen LogP contribution < -0.4 is 16.3 Å². The molecule has 2 aromatic carbocycles. The SMILES string of the molecule is O=C([O-])c1ccccc1OI.O=C([O-])c1ccccc1OI.[Zn+2]. The molecule has 116 valence electrons. The summed E-state index contributed by atoms with van der Waals surface area (Å²) in [6.45, 7) is 0. The Hall–Kier alpha value is -0.937. The standard InChI is InChI=1S/2C7H5IO3.Zn/c2*8-11-6-4-2-1-3-5(6)7(9)10;/h2*1-4H,(H,9,10);/q;;+2/p-2. The molecule has 0 amide bonds. The van der Waals surface area contributed by atoms with Gasteiger partial charge in [-0.1, -0.05) is 24.3 Å². The van der Waals surface area contributed by atoms with Crippen molar-refractivity contribution in [2.75, 3.05) is 0 Å². The number of hydrogen-bond acceptors (Lipinski definition) is 6.